The van der Waals surface area contributed by atoms with Gasteiger partial charge in [0.1, 0.15) is 11.9 Å². The Hall–Kier alpha value is -2.97. The van der Waals surface area contributed by atoms with Crippen LogP contribution in [0, 0.1) is 5.82 Å². The normalized spacial score (nSPS) is 11.5. The predicted molar refractivity (Wildman–Crippen MR) is 102 cm³/mol. The Balaban J connectivity index is 2.23. The summed E-state index contributed by atoms with van der Waals surface area (Å²) in [6, 6.07) is 7.66. The van der Waals surface area contributed by atoms with E-state index in [1.165, 1.54) is 45.4 Å². The highest BCUT2D eigenvalue weighted by Gasteiger charge is 2.16. The standard InChI is InChI=1S/C19H18ClFN2O5/c1-10(27-2)17(24)23-14-7-11(6-12(21)8-14)18(25)22-13-4-5-16(20)15(9-13)19(26)28-3/h4-10H,1-3H3,(H,22,25)(H,23,24). The van der Waals surface area contributed by atoms with Gasteiger partial charge in [-0.25, -0.2) is 9.18 Å². The summed E-state index contributed by atoms with van der Waals surface area (Å²) in [4.78, 5) is 36.0. The molecular formula is C19H18ClFN2O5. The summed E-state index contributed by atoms with van der Waals surface area (Å²) in [6.45, 7) is 1.53. The Labute approximate surface area is 165 Å². The second kappa shape index (κ2) is 9.29. The highest BCUT2D eigenvalue weighted by Crippen LogP contribution is 2.22. The van der Waals surface area contributed by atoms with Crippen molar-refractivity contribution in [3.05, 3.63) is 58.4 Å². The summed E-state index contributed by atoms with van der Waals surface area (Å²) >= 11 is 5.94. The second-order valence-corrected chi connectivity index (χ2v) is 6.14. The minimum Gasteiger partial charge on any atom is -0.465 e. The number of hydrogen-bond acceptors (Lipinski definition) is 5. The number of esters is 1. The molecule has 2 amide bonds. The summed E-state index contributed by atoms with van der Waals surface area (Å²) < 4.78 is 23.4. The Morgan fingerprint density at radius 2 is 1.75 bits per heavy atom. The Kier molecular flexibility index (Phi) is 7.08. The molecule has 0 aliphatic rings. The molecule has 0 saturated heterocycles. The van der Waals surface area contributed by atoms with Crippen LogP contribution in [0.2, 0.25) is 5.02 Å². The van der Waals surface area contributed by atoms with Crippen molar-refractivity contribution in [2.75, 3.05) is 24.9 Å². The van der Waals surface area contributed by atoms with Crippen LogP contribution in [0.25, 0.3) is 0 Å². The average molecular weight is 409 g/mol. The quantitative estimate of drug-likeness (QED) is 0.713. The first-order valence-electron chi connectivity index (χ1n) is 8.08. The number of methoxy groups -OCH3 is 2. The lowest BCUT2D eigenvalue weighted by molar-refractivity contribution is -0.124. The molecule has 9 heteroatoms. The van der Waals surface area contributed by atoms with Gasteiger partial charge in [-0.2, -0.15) is 0 Å². The van der Waals surface area contributed by atoms with E-state index < -0.39 is 29.7 Å². The monoisotopic (exact) mass is 408 g/mol. The molecule has 0 aliphatic heterocycles. The van der Waals surface area contributed by atoms with Crippen molar-refractivity contribution in [3.63, 3.8) is 0 Å². The van der Waals surface area contributed by atoms with Crippen LogP contribution >= 0.6 is 11.6 Å². The summed E-state index contributed by atoms with van der Waals surface area (Å²) in [5, 5.41) is 5.17. The third-order valence-electron chi connectivity index (χ3n) is 3.78. The minimum atomic E-state index is -0.744. The fraction of sp³-hybridized carbons (Fsp3) is 0.211. The lowest BCUT2D eigenvalue weighted by Gasteiger charge is -2.12. The molecular weight excluding hydrogens is 391 g/mol. The van der Waals surface area contributed by atoms with Crippen molar-refractivity contribution in [2.45, 2.75) is 13.0 Å². The Morgan fingerprint density at radius 1 is 1.04 bits per heavy atom. The first kappa shape index (κ1) is 21.3. The maximum atomic E-state index is 13.9. The number of nitrogens with one attached hydrogen (secondary N) is 2. The van der Waals surface area contributed by atoms with E-state index in [4.69, 9.17) is 16.3 Å². The number of amides is 2. The first-order valence-corrected chi connectivity index (χ1v) is 8.46. The fourth-order valence-electron chi connectivity index (χ4n) is 2.22. The number of benzene rings is 2. The van der Waals surface area contributed by atoms with Gasteiger partial charge >= 0.3 is 5.97 Å². The zero-order valence-electron chi connectivity index (χ0n) is 15.3. The smallest absolute Gasteiger partial charge is 0.339 e. The van der Waals surface area contributed by atoms with E-state index in [0.717, 1.165) is 12.1 Å². The molecule has 0 radical (unpaired) electrons. The summed E-state index contributed by atoms with van der Waals surface area (Å²) in [7, 11) is 2.57. The van der Waals surface area contributed by atoms with Crippen LogP contribution in [0.1, 0.15) is 27.6 Å². The average Bonchev–Trinajstić information content (AvgIpc) is 2.67. The van der Waals surface area contributed by atoms with Crippen LogP contribution in [0.15, 0.2) is 36.4 Å². The summed E-state index contributed by atoms with van der Waals surface area (Å²) in [5.74, 6) is -2.50. The third kappa shape index (κ3) is 5.28. The number of ether oxygens (including phenoxy) is 2. The van der Waals surface area contributed by atoms with Gasteiger partial charge in [0.25, 0.3) is 11.8 Å². The molecule has 2 N–H and O–H groups in total. The van der Waals surface area contributed by atoms with Crippen molar-refractivity contribution in [2.24, 2.45) is 0 Å². The zero-order valence-corrected chi connectivity index (χ0v) is 16.1. The van der Waals surface area contributed by atoms with Gasteiger partial charge < -0.3 is 20.1 Å². The van der Waals surface area contributed by atoms with E-state index in [2.05, 4.69) is 15.4 Å². The van der Waals surface area contributed by atoms with E-state index in [1.807, 2.05) is 0 Å². The number of hydrogen-bond donors (Lipinski definition) is 2. The second-order valence-electron chi connectivity index (χ2n) is 5.74. The van der Waals surface area contributed by atoms with Gasteiger partial charge in [0, 0.05) is 24.0 Å². The highest BCUT2D eigenvalue weighted by molar-refractivity contribution is 6.33. The Bertz CT molecular complexity index is 919. The van der Waals surface area contributed by atoms with Crippen LogP contribution in [0.4, 0.5) is 15.8 Å². The molecule has 1 unspecified atom stereocenters. The van der Waals surface area contributed by atoms with E-state index in [1.54, 1.807) is 0 Å². The molecule has 7 nitrogen and oxygen atoms in total. The van der Waals surface area contributed by atoms with Gasteiger partial charge in [-0.05, 0) is 43.3 Å². The third-order valence-corrected chi connectivity index (χ3v) is 4.11. The van der Waals surface area contributed by atoms with Crippen molar-refractivity contribution in [3.8, 4) is 0 Å². The molecule has 0 aromatic heterocycles. The van der Waals surface area contributed by atoms with E-state index in [-0.39, 0.29) is 27.5 Å². The van der Waals surface area contributed by atoms with Crippen molar-refractivity contribution in [1.82, 2.24) is 0 Å². The van der Waals surface area contributed by atoms with Gasteiger partial charge in [0.2, 0.25) is 0 Å². The number of anilines is 2. The molecule has 0 aliphatic carbocycles. The van der Waals surface area contributed by atoms with Crippen molar-refractivity contribution < 1.29 is 28.2 Å². The van der Waals surface area contributed by atoms with Crippen LogP contribution in [0.3, 0.4) is 0 Å². The molecule has 0 saturated carbocycles. The molecule has 1 atom stereocenters. The Morgan fingerprint density at radius 3 is 2.39 bits per heavy atom. The van der Waals surface area contributed by atoms with Gasteiger partial charge in [-0.1, -0.05) is 11.6 Å². The van der Waals surface area contributed by atoms with Crippen LogP contribution < -0.4 is 10.6 Å². The SMILES string of the molecule is COC(=O)c1cc(NC(=O)c2cc(F)cc(NC(=O)C(C)OC)c2)ccc1Cl. The highest BCUT2D eigenvalue weighted by atomic mass is 35.5. The minimum absolute atomic E-state index is 0.0325. The lowest BCUT2D eigenvalue weighted by Crippen LogP contribution is -2.26. The van der Waals surface area contributed by atoms with Crippen LogP contribution in [-0.2, 0) is 14.3 Å². The van der Waals surface area contributed by atoms with Crippen LogP contribution in [0.5, 0.6) is 0 Å². The molecule has 0 spiro atoms. The first-order chi connectivity index (χ1) is 13.2. The summed E-state index contributed by atoms with van der Waals surface area (Å²) in [6.07, 6.45) is -0.744. The number of rotatable bonds is 6. The van der Waals surface area contributed by atoms with Crippen molar-refractivity contribution >= 4 is 40.8 Å². The molecule has 28 heavy (non-hydrogen) atoms. The molecule has 148 valence electrons. The fourth-order valence-corrected chi connectivity index (χ4v) is 2.41. The van der Waals surface area contributed by atoms with Gasteiger partial charge in [-0.15, -0.1) is 0 Å². The number of carbonyl (C=O) groups excluding carboxylic acids is 3. The molecule has 2 rings (SSSR count). The van der Waals surface area contributed by atoms with E-state index in [9.17, 15) is 18.8 Å². The molecule has 0 fully saturated rings. The van der Waals surface area contributed by atoms with Crippen molar-refractivity contribution in [1.29, 1.82) is 0 Å². The van der Waals surface area contributed by atoms with Gasteiger partial charge in [-0.3, -0.25) is 9.59 Å². The maximum absolute atomic E-state index is 13.9. The zero-order chi connectivity index (χ0) is 20.8. The number of carbonyl (C=O) groups is 3. The molecule has 0 bridgehead atoms. The molecule has 0 heterocycles. The van der Waals surface area contributed by atoms with Gasteiger partial charge in [0.05, 0.1) is 17.7 Å². The lowest BCUT2D eigenvalue weighted by atomic mass is 10.1. The van der Waals surface area contributed by atoms with Gasteiger partial charge in [0.15, 0.2) is 0 Å². The predicted octanol–water partition coefficient (Wildman–Crippen LogP) is 3.49. The summed E-state index contributed by atoms with van der Waals surface area (Å²) in [5.41, 5.74) is 0.403. The molecule has 2 aromatic carbocycles. The molecule has 2 aromatic rings. The number of halogens is 2. The van der Waals surface area contributed by atoms with E-state index >= 15 is 0 Å². The van der Waals surface area contributed by atoms with E-state index in [0.29, 0.717) is 0 Å². The van der Waals surface area contributed by atoms with Crippen LogP contribution in [-0.4, -0.2) is 38.1 Å². The largest absolute Gasteiger partial charge is 0.465 e. The topological polar surface area (TPSA) is 93.7 Å². The maximum Gasteiger partial charge on any atom is 0.339 e.